The Labute approximate surface area is 279 Å². The standard InChI is InChI=1S/C44H23N3O2/c45-24-26-16-18-40-37(20-26)35-13-7-12-32(44(35)49-40)29-21-28(31-9-2-1-8-27(31)25-46)22-30(23-29)47-38-14-5-3-10-33(38)34-17-19-41-42(43(34)47)36-11-4-6-15-39(36)48-41/h1-23H. The molecule has 0 N–H and O–H groups in total. The summed E-state index contributed by atoms with van der Waals surface area (Å²) in [6, 6.07) is 51.4. The van der Waals surface area contributed by atoms with E-state index < -0.39 is 0 Å². The fourth-order valence-corrected chi connectivity index (χ4v) is 7.51. The first-order chi connectivity index (χ1) is 24.2. The van der Waals surface area contributed by atoms with Crippen LogP contribution < -0.4 is 0 Å². The van der Waals surface area contributed by atoms with Crippen molar-refractivity contribution in [3.8, 4) is 40.1 Å². The molecule has 10 aromatic rings. The smallest absolute Gasteiger partial charge is 0.143 e. The molecule has 0 amide bonds. The molecule has 0 aliphatic rings. The van der Waals surface area contributed by atoms with Gasteiger partial charge in [-0.25, -0.2) is 0 Å². The highest BCUT2D eigenvalue weighted by atomic mass is 16.3. The van der Waals surface area contributed by atoms with E-state index in [9.17, 15) is 10.5 Å². The molecular weight excluding hydrogens is 603 g/mol. The van der Waals surface area contributed by atoms with Crippen molar-refractivity contribution >= 4 is 65.7 Å². The van der Waals surface area contributed by atoms with E-state index in [1.54, 1.807) is 6.07 Å². The second kappa shape index (κ2) is 10.2. The number of nitriles is 2. The predicted molar refractivity (Wildman–Crippen MR) is 196 cm³/mol. The quantitative estimate of drug-likeness (QED) is 0.196. The second-order valence-electron chi connectivity index (χ2n) is 12.3. The number of hydrogen-bond donors (Lipinski definition) is 0. The van der Waals surface area contributed by atoms with E-state index in [2.05, 4.69) is 83.4 Å². The third kappa shape index (κ3) is 3.91. The van der Waals surface area contributed by atoms with Crippen LogP contribution in [0.4, 0.5) is 0 Å². The molecule has 0 radical (unpaired) electrons. The molecule has 0 unspecified atom stereocenters. The highest BCUT2D eigenvalue weighted by molar-refractivity contribution is 6.24. The summed E-state index contributed by atoms with van der Waals surface area (Å²) in [5, 5.41) is 26.0. The van der Waals surface area contributed by atoms with Gasteiger partial charge in [0.15, 0.2) is 0 Å². The van der Waals surface area contributed by atoms with Crippen LogP contribution in [0.15, 0.2) is 148 Å². The van der Waals surface area contributed by atoms with Gasteiger partial charge in [-0.15, -0.1) is 0 Å². The van der Waals surface area contributed by atoms with Crippen LogP contribution in [0.1, 0.15) is 11.1 Å². The Bertz CT molecular complexity index is 3090. The van der Waals surface area contributed by atoms with Gasteiger partial charge in [0.1, 0.15) is 22.3 Å². The summed E-state index contributed by atoms with van der Waals surface area (Å²) in [5.41, 5.74) is 11.0. The van der Waals surface area contributed by atoms with Crippen LogP contribution in [0.2, 0.25) is 0 Å². The molecule has 0 fully saturated rings. The van der Waals surface area contributed by atoms with Crippen molar-refractivity contribution in [2.45, 2.75) is 0 Å². The van der Waals surface area contributed by atoms with Gasteiger partial charge < -0.3 is 13.4 Å². The van der Waals surface area contributed by atoms with Gasteiger partial charge >= 0.3 is 0 Å². The minimum Gasteiger partial charge on any atom is -0.456 e. The number of benzene rings is 7. The summed E-state index contributed by atoms with van der Waals surface area (Å²) >= 11 is 0. The third-order valence-corrected chi connectivity index (χ3v) is 9.65. The summed E-state index contributed by atoms with van der Waals surface area (Å²) in [6.45, 7) is 0. The molecule has 0 aliphatic carbocycles. The van der Waals surface area contributed by atoms with Crippen molar-refractivity contribution in [3.05, 3.63) is 151 Å². The van der Waals surface area contributed by atoms with Crippen molar-refractivity contribution in [1.82, 2.24) is 4.57 Å². The van der Waals surface area contributed by atoms with Crippen LogP contribution in [-0.4, -0.2) is 4.57 Å². The van der Waals surface area contributed by atoms with Gasteiger partial charge in [-0.1, -0.05) is 72.8 Å². The molecule has 10 rings (SSSR count). The van der Waals surface area contributed by atoms with E-state index >= 15 is 0 Å². The molecule has 0 aliphatic heterocycles. The number of furan rings is 2. The molecule has 226 valence electrons. The van der Waals surface area contributed by atoms with Crippen LogP contribution >= 0.6 is 0 Å². The third-order valence-electron chi connectivity index (χ3n) is 9.65. The van der Waals surface area contributed by atoms with Crippen molar-refractivity contribution in [2.24, 2.45) is 0 Å². The van der Waals surface area contributed by atoms with E-state index in [1.807, 2.05) is 66.7 Å². The van der Waals surface area contributed by atoms with Crippen LogP contribution in [-0.2, 0) is 0 Å². The Morgan fingerprint density at radius 2 is 1.20 bits per heavy atom. The average molecular weight is 626 g/mol. The summed E-state index contributed by atoms with van der Waals surface area (Å²) < 4.78 is 15.2. The summed E-state index contributed by atoms with van der Waals surface area (Å²) in [5.74, 6) is 0. The van der Waals surface area contributed by atoms with Gasteiger partial charge in [-0.05, 0) is 83.4 Å². The Kier molecular flexibility index (Phi) is 5.64. The van der Waals surface area contributed by atoms with Gasteiger partial charge in [0.25, 0.3) is 0 Å². The zero-order valence-electron chi connectivity index (χ0n) is 25.9. The number of hydrogen-bond acceptors (Lipinski definition) is 4. The number of fused-ring (bicyclic) bond motifs is 10. The second-order valence-corrected chi connectivity index (χ2v) is 12.3. The minimum absolute atomic E-state index is 0.586. The fraction of sp³-hybridized carbons (Fsp3) is 0. The normalized spacial score (nSPS) is 11.6. The first kappa shape index (κ1) is 27.1. The summed E-state index contributed by atoms with van der Waals surface area (Å²) in [6.07, 6.45) is 0. The van der Waals surface area contributed by atoms with Crippen molar-refractivity contribution in [1.29, 1.82) is 10.5 Å². The van der Waals surface area contributed by atoms with E-state index in [0.717, 1.165) is 93.6 Å². The lowest BCUT2D eigenvalue weighted by Crippen LogP contribution is -1.97. The van der Waals surface area contributed by atoms with E-state index in [1.165, 1.54) is 0 Å². The van der Waals surface area contributed by atoms with Gasteiger partial charge in [-0.3, -0.25) is 0 Å². The molecule has 0 bridgehead atoms. The monoisotopic (exact) mass is 625 g/mol. The predicted octanol–water partition coefficient (Wildman–Crippen LogP) is 11.7. The van der Waals surface area contributed by atoms with Crippen molar-refractivity contribution in [2.75, 3.05) is 0 Å². The Morgan fingerprint density at radius 1 is 0.490 bits per heavy atom. The Hall–Kier alpha value is -7.08. The zero-order valence-corrected chi connectivity index (χ0v) is 25.9. The summed E-state index contributed by atoms with van der Waals surface area (Å²) in [7, 11) is 0. The number of nitrogens with zero attached hydrogens (tertiary/aromatic N) is 3. The Balaban J connectivity index is 1.35. The minimum atomic E-state index is 0.586. The molecule has 3 aromatic heterocycles. The highest BCUT2D eigenvalue weighted by Crippen LogP contribution is 2.43. The lowest BCUT2D eigenvalue weighted by molar-refractivity contribution is 0.669. The van der Waals surface area contributed by atoms with Gasteiger partial charge in [0.05, 0.1) is 39.7 Å². The molecule has 0 spiro atoms. The Morgan fingerprint density at radius 3 is 2.08 bits per heavy atom. The fourth-order valence-electron chi connectivity index (χ4n) is 7.51. The van der Waals surface area contributed by atoms with Crippen LogP contribution in [0.3, 0.4) is 0 Å². The molecule has 0 saturated carbocycles. The van der Waals surface area contributed by atoms with Crippen molar-refractivity contribution in [3.63, 3.8) is 0 Å². The lowest BCUT2D eigenvalue weighted by atomic mass is 9.94. The first-order valence-corrected chi connectivity index (χ1v) is 16.0. The maximum Gasteiger partial charge on any atom is 0.143 e. The average Bonchev–Trinajstić information content (AvgIpc) is 3.83. The molecule has 0 saturated heterocycles. The van der Waals surface area contributed by atoms with Crippen LogP contribution in [0.5, 0.6) is 0 Å². The largest absolute Gasteiger partial charge is 0.456 e. The van der Waals surface area contributed by atoms with Gasteiger partial charge in [0.2, 0.25) is 0 Å². The number of para-hydroxylation sites is 3. The van der Waals surface area contributed by atoms with E-state index in [0.29, 0.717) is 11.1 Å². The molecule has 0 atom stereocenters. The maximum absolute atomic E-state index is 10.2. The van der Waals surface area contributed by atoms with Gasteiger partial charge in [-0.2, -0.15) is 10.5 Å². The summed E-state index contributed by atoms with van der Waals surface area (Å²) in [4.78, 5) is 0. The van der Waals surface area contributed by atoms with Gasteiger partial charge in [0, 0.05) is 38.2 Å². The van der Waals surface area contributed by atoms with Crippen LogP contribution in [0, 0.1) is 22.7 Å². The van der Waals surface area contributed by atoms with E-state index in [4.69, 9.17) is 8.83 Å². The molecule has 7 aromatic carbocycles. The maximum atomic E-state index is 10.2. The molecule has 49 heavy (non-hydrogen) atoms. The molecular formula is C44H23N3O2. The van der Waals surface area contributed by atoms with Crippen LogP contribution in [0.25, 0.3) is 93.6 Å². The molecule has 5 heteroatoms. The lowest BCUT2D eigenvalue weighted by Gasteiger charge is -2.15. The number of rotatable bonds is 3. The number of aromatic nitrogens is 1. The topological polar surface area (TPSA) is 78.8 Å². The zero-order chi connectivity index (χ0) is 32.6. The van der Waals surface area contributed by atoms with E-state index in [-0.39, 0.29) is 0 Å². The van der Waals surface area contributed by atoms with Crippen molar-refractivity contribution < 1.29 is 8.83 Å². The molecule has 3 heterocycles. The highest BCUT2D eigenvalue weighted by Gasteiger charge is 2.21. The SMILES string of the molecule is N#Cc1ccc2oc3c(-c4cc(-c5ccccc5C#N)cc(-n5c6ccccc6c6ccc7oc8ccccc8c7c65)c4)cccc3c2c1. The first-order valence-electron chi connectivity index (χ1n) is 16.0. The molecule has 5 nitrogen and oxygen atoms in total.